The van der Waals surface area contributed by atoms with Crippen molar-refractivity contribution in [2.75, 3.05) is 7.11 Å². The Morgan fingerprint density at radius 2 is 2.12 bits per heavy atom. The molecule has 0 aliphatic rings. The third-order valence-electron chi connectivity index (χ3n) is 4.23. The molecule has 0 bridgehead atoms. The molecule has 0 radical (unpaired) electrons. The number of benzene rings is 1. The van der Waals surface area contributed by atoms with Gasteiger partial charge in [0.05, 0.1) is 24.9 Å². The van der Waals surface area contributed by atoms with Crippen molar-refractivity contribution in [3.63, 3.8) is 0 Å². The molecule has 0 saturated carbocycles. The van der Waals surface area contributed by atoms with E-state index in [1.165, 1.54) is 4.80 Å². The Kier molecular flexibility index (Phi) is 5.18. The minimum absolute atomic E-state index is 0.0153. The van der Waals surface area contributed by atoms with Crippen LogP contribution in [-0.4, -0.2) is 32.3 Å². The summed E-state index contributed by atoms with van der Waals surface area (Å²) in [6.07, 6.45) is 5.13. The predicted molar refractivity (Wildman–Crippen MR) is 104 cm³/mol. The number of methoxy groups -OCH3 is 1. The summed E-state index contributed by atoms with van der Waals surface area (Å²) in [5.74, 6) is 1.42. The van der Waals surface area contributed by atoms with Gasteiger partial charge in [-0.05, 0) is 36.8 Å². The first kappa shape index (κ1) is 18.3. The number of aromatic nitrogens is 5. The Morgan fingerprint density at radius 1 is 1.31 bits per heavy atom. The van der Waals surface area contributed by atoms with Crippen LogP contribution >= 0.6 is 11.3 Å². The predicted octanol–water partition coefficient (Wildman–Crippen LogP) is 4.03. The van der Waals surface area contributed by atoms with Crippen molar-refractivity contribution >= 4 is 17.4 Å². The molecular weight excluding hydrogens is 346 g/mol. The first-order chi connectivity index (χ1) is 12.4. The van der Waals surface area contributed by atoms with Gasteiger partial charge < -0.3 is 4.74 Å². The SMILES string of the molecule is COc1ccc(-c2nnn(C)n2)cc1/C=C/CC(C)(C)c1csc(C)n1. The van der Waals surface area contributed by atoms with Crippen LogP contribution in [0.2, 0.25) is 0 Å². The van der Waals surface area contributed by atoms with E-state index in [0.29, 0.717) is 5.82 Å². The lowest BCUT2D eigenvalue weighted by Crippen LogP contribution is -2.16. The van der Waals surface area contributed by atoms with Gasteiger partial charge in [0.25, 0.3) is 0 Å². The normalized spacial score (nSPS) is 12.0. The Balaban J connectivity index is 1.82. The highest BCUT2D eigenvalue weighted by Crippen LogP contribution is 2.30. The Bertz CT molecular complexity index is 926. The van der Waals surface area contributed by atoms with Crippen LogP contribution in [0.3, 0.4) is 0 Å². The molecule has 0 amide bonds. The Labute approximate surface area is 157 Å². The van der Waals surface area contributed by atoms with Gasteiger partial charge in [0.15, 0.2) is 0 Å². The number of rotatable bonds is 6. The third-order valence-corrected chi connectivity index (χ3v) is 5.01. The molecule has 0 spiro atoms. The maximum Gasteiger partial charge on any atom is 0.204 e. The fourth-order valence-corrected chi connectivity index (χ4v) is 3.47. The van der Waals surface area contributed by atoms with E-state index < -0.39 is 0 Å². The molecule has 2 aromatic heterocycles. The van der Waals surface area contributed by atoms with E-state index in [2.05, 4.69) is 51.8 Å². The molecule has 0 aliphatic heterocycles. The fourth-order valence-electron chi connectivity index (χ4n) is 2.66. The zero-order chi connectivity index (χ0) is 18.7. The van der Waals surface area contributed by atoms with Crippen molar-refractivity contribution in [2.45, 2.75) is 32.6 Å². The van der Waals surface area contributed by atoms with Crippen LogP contribution in [0.4, 0.5) is 0 Å². The van der Waals surface area contributed by atoms with Gasteiger partial charge in [0.1, 0.15) is 5.75 Å². The summed E-state index contributed by atoms with van der Waals surface area (Å²) < 4.78 is 5.49. The summed E-state index contributed by atoms with van der Waals surface area (Å²) in [5, 5.41) is 15.5. The van der Waals surface area contributed by atoms with Gasteiger partial charge in [-0.25, -0.2) is 4.98 Å². The van der Waals surface area contributed by atoms with Gasteiger partial charge in [0, 0.05) is 21.9 Å². The zero-order valence-corrected chi connectivity index (χ0v) is 16.5. The van der Waals surface area contributed by atoms with Crippen molar-refractivity contribution in [1.82, 2.24) is 25.2 Å². The van der Waals surface area contributed by atoms with Crippen molar-refractivity contribution < 1.29 is 4.74 Å². The van der Waals surface area contributed by atoms with Crippen LogP contribution in [0.25, 0.3) is 17.5 Å². The quantitative estimate of drug-likeness (QED) is 0.656. The monoisotopic (exact) mass is 369 g/mol. The average molecular weight is 369 g/mol. The Hall–Kier alpha value is -2.54. The van der Waals surface area contributed by atoms with Crippen LogP contribution in [0.1, 0.15) is 36.5 Å². The van der Waals surface area contributed by atoms with Crippen LogP contribution in [0.5, 0.6) is 5.75 Å². The highest BCUT2D eigenvalue weighted by molar-refractivity contribution is 7.09. The molecule has 0 fully saturated rings. The van der Waals surface area contributed by atoms with Crippen LogP contribution < -0.4 is 4.74 Å². The molecule has 0 saturated heterocycles. The summed E-state index contributed by atoms with van der Waals surface area (Å²) in [5.41, 5.74) is 3.02. The average Bonchev–Trinajstić information content (AvgIpc) is 3.23. The molecule has 3 aromatic rings. The highest BCUT2D eigenvalue weighted by atomic mass is 32.1. The van der Waals surface area contributed by atoms with E-state index in [9.17, 15) is 0 Å². The van der Waals surface area contributed by atoms with Gasteiger partial charge in [-0.1, -0.05) is 26.0 Å². The molecule has 136 valence electrons. The number of allylic oxidation sites excluding steroid dienone is 1. The molecule has 7 heteroatoms. The number of aryl methyl sites for hydroxylation is 2. The van der Waals surface area contributed by atoms with E-state index in [1.807, 2.05) is 25.1 Å². The highest BCUT2D eigenvalue weighted by Gasteiger charge is 2.21. The molecular formula is C19H23N5OS. The fraction of sp³-hybridized carbons (Fsp3) is 0.368. The van der Waals surface area contributed by atoms with Crippen molar-refractivity contribution in [3.8, 4) is 17.1 Å². The van der Waals surface area contributed by atoms with E-state index >= 15 is 0 Å². The van der Waals surface area contributed by atoms with Crippen LogP contribution in [-0.2, 0) is 12.5 Å². The molecule has 6 nitrogen and oxygen atoms in total. The third kappa shape index (κ3) is 3.99. The summed E-state index contributed by atoms with van der Waals surface area (Å²) in [6.45, 7) is 6.46. The van der Waals surface area contributed by atoms with Crippen molar-refractivity contribution in [3.05, 3.63) is 45.9 Å². The smallest absolute Gasteiger partial charge is 0.204 e. The summed E-state index contributed by atoms with van der Waals surface area (Å²) in [6, 6.07) is 5.89. The first-order valence-electron chi connectivity index (χ1n) is 8.40. The van der Waals surface area contributed by atoms with E-state index in [-0.39, 0.29) is 5.41 Å². The maximum absolute atomic E-state index is 5.49. The summed E-state index contributed by atoms with van der Waals surface area (Å²) in [7, 11) is 3.43. The minimum atomic E-state index is -0.0153. The van der Waals surface area contributed by atoms with Crippen LogP contribution in [0, 0.1) is 6.92 Å². The maximum atomic E-state index is 5.49. The van der Waals surface area contributed by atoms with E-state index in [4.69, 9.17) is 4.74 Å². The molecule has 3 rings (SSSR count). The van der Waals surface area contributed by atoms with Gasteiger partial charge >= 0.3 is 0 Å². The Morgan fingerprint density at radius 3 is 2.73 bits per heavy atom. The van der Waals surface area contributed by atoms with Gasteiger partial charge in [-0.3, -0.25) is 0 Å². The largest absolute Gasteiger partial charge is 0.496 e. The summed E-state index contributed by atoms with van der Waals surface area (Å²) >= 11 is 1.69. The molecule has 0 aliphatic carbocycles. The van der Waals surface area contributed by atoms with Crippen molar-refractivity contribution in [2.24, 2.45) is 7.05 Å². The topological polar surface area (TPSA) is 65.7 Å². The lowest BCUT2D eigenvalue weighted by atomic mass is 9.86. The number of ether oxygens (including phenoxy) is 1. The van der Waals surface area contributed by atoms with E-state index in [1.54, 1.807) is 25.5 Å². The second-order valence-corrected chi connectivity index (χ2v) is 7.86. The molecule has 0 atom stereocenters. The van der Waals surface area contributed by atoms with Gasteiger partial charge in [-0.2, -0.15) is 4.80 Å². The number of hydrogen-bond acceptors (Lipinski definition) is 6. The summed E-state index contributed by atoms with van der Waals surface area (Å²) in [4.78, 5) is 6.08. The lowest BCUT2D eigenvalue weighted by Gasteiger charge is -2.20. The minimum Gasteiger partial charge on any atom is -0.496 e. The lowest BCUT2D eigenvalue weighted by molar-refractivity contribution is 0.414. The number of hydrogen-bond donors (Lipinski definition) is 0. The molecule has 0 N–H and O–H groups in total. The van der Waals surface area contributed by atoms with E-state index in [0.717, 1.165) is 34.0 Å². The van der Waals surface area contributed by atoms with Crippen molar-refractivity contribution in [1.29, 1.82) is 0 Å². The molecule has 26 heavy (non-hydrogen) atoms. The first-order valence-corrected chi connectivity index (χ1v) is 9.28. The number of thiazole rings is 1. The number of nitrogens with zero attached hydrogens (tertiary/aromatic N) is 5. The molecule has 2 heterocycles. The van der Waals surface area contributed by atoms with Gasteiger partial charge in [-0.15, -0.1) is 21.5 Å². The zero-order valence-electron chi connectivity index (χ0n) is 15.7. The number of tetrazole rings is 1. The molecule has 0 unspecified atom stereocenters. The molecule has 1 aromatic carbocycles. The second-order valence-electron chi connectivity index (χ2n) is 6.80. The second kappa shape index (κ2) is 7.37. The van der Waals surface area contributed by atoms with Gasteiger partial charge in [0.2, 0.25) is 5.82 Å². The van der Waals surface area contributed by atoms with Crippen LogP contribution in [0.15, 0.2) is 29.7 Å². The standard InChI is InChI=1S/C19H23N5OS/c1-13-20-17(12-26-13)19(2,3)10-6-7-14-11-15(8-9-16(14)25-5)18-21-23-24(4)22-18/h6-9,11-12H,10H2,1-5H3/b7-6+.